The molecule has 0 radical (unpaired) electrons. The number of hydrogen-bond donors (Lipinski definition) is 1. The monoisotopic (exact) mass is 566 g/mol. The first-order valence-electron chi connectivity index (χ1n) is 11.6. The number of anilines is 1. The average molecular weight is 567 g/mol. The van der Waals surface area contributed by atoms with E-state index in [4.69, 9.17) is 13.9 Å². The second kappa shape index (κ2) is 12.6. The zero-order valence-electron chi connectivity index (χ0n) is 21.4. The third-order valence-electron chi connectivity index (χ3n) is 5.52. The van der Waals surface area contributed by atoms with Gasteiger partial charge in [-0.05, 0) is 56.3 Å². The van der Waals surface area contributed by atoms with Crippen LogP contribution in [0, 0.1) is 0 Å². The Morgan fingerprint density at radius 1 is 0.947 bits per heavy atom. The predicted molar refractivity (Wildman–Crippen MR) is 139 cm³/mol. The van der Waals surface area contributed by atoms with Crippen molar-refractivity contribution in [1.29, 1.82) is 0 Å². The zero-order chi connectivity index (χ0) is 27.9. The smallest absolute Gasteiger partial charge is 0.322 e. The van der Waals surface area contributed by atoms with Crippen LogP contribution in [0.2, 0.25) is 0 Å². The summed E-state index contributed by atoms with van der Waals surface area (Å²) >= 11 is 0. The number of carbonyl (C=O) groups is 1. The normalized spacial score (nSPS) is 12.3. The number of sulfone groups is 1. The fourth-order valence-electron chi connectivity index (χ4n) is 3.30. The van der Waals surface area contributed by atoms with E-state index >= 15 is 0 Å². The largest absolute Gasteiger partial charge is 0.403 e. The first-order chi connectivity index (χ1) is 18.0. The lowest BCUT2D eigenvalue weighted by Crippen LogP contribution is -2.36. The number of carbonyl (C=O) groups excluding carboxylic acids is 1. The van der Waals surface area contributed by atoms with Crippen LogP contribution < -0.4 is 5.32 Å². The van der Waals surface area contributed by atoms with Crippen molar-refractivity contribution in [2.45, 2.75) is 28.9 Å². The zero-order valence-corrected chi connectivity index (χ0v) is 23.1. The number of amides is 1. The Morgan fingerprint density at radius 3 is 2.16 bits per heavy atom. The fourth-order valence-corrected chi connectivity index (χ4v) is 5.82. The molecule has 1 N–H and O–H groups in total. The summed E-state index contributed by atoms with van der Waals surface area (Å²) in [5.41, 5.74) is 0.537. The summed E-state index contributed by atoms with van der Waals surface area (Å²) in [6, 6.07) is 11.3. The van der Waals surface area contributed by atoms with E-state index in [2.05, 4.69) is 15.5 Å². The number of nitrogens with one attached hydrogen (secondary N) is 1. The summed E-state index contributed by atoms with van der Waals surface area (Å²) in [6.45, 7) is 3.90. The molecule has 12 nitrogen and oxygen atoms in total. The van der Waals surface area contributed by atoms with E-state index in [9.17, 15) is 21.6 Å². The van der Waals surface area contributed by atoms with Gasteiger partial charge in [0.05, 0.1) is 28.3 Å². The summed E-state index contributed by atoms with van der Waals surface area (Å²) in [7, 11) is -4.38. The molecule has 0 bridgehead atoms. The summed E-state index contributed by atoms with van der Waals surface area (Å²) < 4.78 is 67.7. The van der Waals surface area contributed by atoms with E-state index in [0.717, 1.165) is 0 Å². The molecular weight excluding hydrogens is 536 g/mol. The molecule has 0 atom stereocenters. The third-order valence-corrected chi connectivity index (χ3v) is 9.58. The topological polar surface area (TPSA) is 158 Å². The Hall–Kier alpha value is -3.17. The average Bonchev–Trinajstić information content (AvgIpc) is 3.37. The number of ether oxygens (including phenoxy) is 2. The van der Waals surface area contributed by atoms with E-state index in [0.29, 0.717) is 5.56 Å². The lowest BCUT2D eigenvalue weighted by molar-refractivity contribution is 0.102. The summed E-state index contributed by atoms with van der Waals surface area (Å²) in [6.07, 6.45) is 0. The minimum absolute atomic E-state index is 0.0116. The van der Waals surface area contributed by atoms with E-state index in [1.807, 2.05) is 0 Å². The van der Waals surface area contributed by atoms with Crippen LogP contribution in [-0.4, -0.2) is 83.0 Å². The maximum Gasteiger partial charge on any atom is 0.322 e. The van der Waals surface area contributed by atoms with Crippen molar-refractivity contribution < 1.29 is 35.5 Å². The van der Waals surface area contributed by atoms with E-state index in [1.165, 1.54) is 54.9 Å². The summed E-state index contributed by atoms with van der Waals surface area (Å²) in [4.78, 5) is 12.8. The van der Waals surface area contributed by atoms with E-state index < -0.39 is 31.0 Å². The molecule has 3 rings (SSSR count). The SMILES string of the molecule is COCCN(CCOC)S(=O)(=O)c1ccc(C(=O)Nc2nnc(-c3cccc(S(=O)(=O)C(C)C)c3)o2)cc1. The van der Waals surface area contributed by atoms with Crippen LogP contribution in [0.1, 0.15) is 24.2 Å². The van der Waals surface area contributed by atoms with Crippen LogP contribution in [0.5, 0.6) is 0 Å². The lowest BCUT2D eigenvalue weighted by Gasteiger charge is -2.21. The molecule has 3 aromatic rings. The highest BCUT2D eigenvalue weighted by molar-refractivity contribution is 7.92. The Labute approximate surface area is 221 Å². The lowest BCUT2D eigenvalue weighted by atomic mass is 10.2. The van der Waals surface area contributed by atoms with Gasteiger partial charge in [-0.15, -0.1) is 5.10 Å². The molecule has 0 aliphatic heterocycles. The van der Waals surface area contributed by atoms with Crippen LogP contribution in [0.3, 0.4) is 0 Å². The molecule has 0 saturated carbocycles. The molecule has 14 heteroatoms. The van der Waals surface area contributed by atoms with E-state index in [1.54, 1.807) is 26.0 Å². The van der Waals surface area contributed by atoms with Gasteiger partial charge in [-0.25, -0.2) is 16.8 Å². The summed E-state index contributed by atoms with van der Waals surface area (Å²) in [5.74, 6) is -0.578. The predicted octanol–water partition coefficient (Wildman–Crippen LogP) is 2.45. The molecule has 1 heterocycles. The summed E-state index contributed by atoms with van der Waals surface area (Å²) in [5, 5.41) is 9.54. The molecule has 0 aliphatic rings. The quantitative estimate of drug-likeness (QED) is 0.326. The molecule has 0 saturated heterocycles. The standard InChI is InChI=1S/C24H30N4O8S2/c1-17(2)37(30,31)21-7-5-6-19(16-21)23-26-27-24(36-23)25-22(29)18-8-10-20(11-9-18)38(32,33)28(12-14-34-3)13-15-35-4/h5-11,16-17H,12-15H2,1-4H3,(H,25,27,29). The maximum absolute atomic E-state index is 13.0. The molecule has 0 spiro atoms. The first-order valence-corrected chi connectivity index (χ1v) is 14.6. The van der Waals surface area contributed by atoms with Gasteiger partial charge in [-0.2, -0.15) is 4.31 Å². The van der Waals surface area contributed by atoms with Crippen LogP contribution in [0.4, 0.5) is 6.01 Å². The minimum atomic E-state index is -3.84. The van der Waals surface area contributed by atoms with Gasteiger partial charge in [0.2, 0.25) is 15.9 Å². The molecule has 0 aliphatic carbocycles. The maximum atomic E-state index is 13.0. The van der Waals surface area contributed by atoms with Crippen LogP contribution in [0.25, 0.3) is 11.5 Å². The van der Waals surface area contributed by atoms with Gasteiger partial charge in [-0.3, -0.25) is 10.1 Å². The molecule has 1 aromatic heterocycles. The van der Waals surface area contributed by atoms with Gasteiger partial charge in [0.25, 0.3) is 5.91 Å². The van der Waals surface area contributed by atoms with Gasteiger partial charge in [0.15, 0.2) is 9.84 Å². The molecule has 1 amide bonds. The second-order valence-corrected chi connectivity index (χ2v) is 12.8. The number of benzene rings is 2. The second-order valence-electron chi connectivity index (χ2n) is 8.40. The number of hydrogen-bond acceptors (Lipinski definition) is 10. The van der Waals surface area contributed by atoms with Gasteiger partial charge in [-0.1, -0.05) is 11.2 Å². The van der Waals surface area contributed by atoms with Crippen LogP contribution in [-0.2, 0) is 29.3 Å². The third kappa shape index (κ3) is 6.82. The Morgan fingerprint density at radius 2 is 1.58 bits per heavy atom. The number of sulfonamides is 1. The first kappa shape index (κ1) is 29.4. The Balaban J connectivity index is 1.74. The van der Waals surface area contributed by atoms with Gasteiger partial charge >= 0.3 is 6.01 Å². The molecule has 0 fully saturated rings. The Bertz CT molecular complexity index is 1440. The highest BCUT2D eigenvalue weighted by Crippen LogP contribution is 2.25. The minimum Gasteiger partial charge on any atom is -0.403 e. The highest BCUT2D eigenvalue weighted by atomic mass is 32.2. The molecule has 206 valence electrons. The van der Waals surface area contributed by atoms with Crippen LogP contribution in [0.15, 0.2) is 62.7 Å². The van der Waals surface area contributed by atoms with Crippen LogP contribution >= 0.6 is 0 Å². The Kier molecular flexibility index (Phi) is 9.73. The number of methoxy groups -OCH3 is 2. The molecular formula is C24H30N4O8S2. The number of rotatable bonds is 13. The van der Waals surface area contributed by atoms with Crippen molar-refractivity contribution >= 4 is 31.8 Å². The molecule has 38 heavy (non-hydrogen) atoms. The number of nitrogens with zero attached hydrogens (tertiary/aromatic N) is 3. The highest BCUT2D eigenvalue weighted by Gasteiger charge is 2.25. The molecule has 2 aromatic carbocycles. The van der Waals surface area contributed by atoms with Crippen molar-refractivity contribution in [3.63, 3.8) is 0 Å². The van der Waals surface area contributed by atoms with Crippen molar-refractivity contribution in [1.82, 2.24) is 14.5 Å². The van der Waals surface area contributed by atoms with Gasteiger partial charge < -0.3 is 13.9 Å². The molecule has 0 unspecified atom stereocenters. The van der Waals surface area contributed by atoms with Crippen molar-refractivity contribution in [2.75, 3.05) is 45.8 Å². The number of aromatic nitrogens is 2. The van der Waals surface area contributed by atoms with Gasteiger partial charge in [0.1, 0.15) is 0 Å². The van der Waals surface area contributed by atoms with E-state index in [-0.39, 0.29) is 53.6 Å². The van der Waals surface area contributed by atoms with Crippen molar-refractivity contribution in [3.05, 3.63) is 54.1 Å². The van der Waals surface area contributed by atoms with Crippen molar-refractivity contribution in [3.8, 4) is 11.5 Å². The van der Waals surface area contributed by atoms with Crippen molar-refractivity contribution in [2.24, 2.45) is 0 Å². The van der Waals surface area contributed by atoms with Gasteiger partial charge in [0, 0.05) is 38.4 Å². The fraction of sp³-hybridized carbons (Fsp3) is 0.375.